The lowest BCUT2D eigenvalue weighted by molar-refractivity contribution is 0.632. The Morgan fingerprint density at radius 3 is 2.76 bits per heavy atom. The van der Waals surface area contributed by atoms with E-state index >= 15 is 0 Å². The average molecular weight is 378 g/mol. The Bertz CT molecular complexity index is 484. The maximum absolute atomic E-state index is 6.19. The summed E-state index contributed by atoms with van der Waals surface area (Å²) in [6.45, 7) is 3.05. The fourth-order valence-corrected chi connectivity index (χ4v) is 2.97. The third kappa shape index (κ3) is 3.22. The largest absolute Gasteiger partial charge is 0.307 e. The van der Waals surface area contributed by atoms with Gasteiger partial charge in [-0.05, 0) is 69.2 Å². The maximum atomic E-state index is 6.19. The van der Waals surface area contributed by atoms with Crippen molar-refractivity contribution < 1.29 is 0 Å². The molecule has 0 aliphatic heterocycles. The van der Waals surface area contributed by atoms with Gasteiger partial charge in [-0.2, -0.15) is 11.3 Å². The maximum Gasteiger partial charge on any atom is 0.0585 e. The van der Waals surface area contributed by atoms with Crippen molar-refractivity contribution in [1.82, 2.24) is 5.32 Å². The zero-order valence-corrected chi connectivity index (χ0v) is 13.1. The van der Waals surface area contributed by atoms with Gasteiger partial charge in [0.15, 0.2) is 0 Å². The molecule has 17 heavy (non-hydrogen) atoms. The van der Waals surface area contributed by atoms with Crippen molar-refractivity contribution in [3.8, 4) is 0 Å². The molecule has 0 aliphatic rings. The quantitative estimate of drug-likeness (QED) is 0.761. The van der Waals surface area contributed by atoms with Crippen LogP contribution in [0.15, 0.2) is 35.0 Å². The van der Waals surface area contributed by atoms with Crippen LogP contribution in [0, 0.1) is 3.57 Å². The van der Waals surface area contributed by atoms with Gasteiger partial charge in [0.1, 0.15) is 0 Å². The first-order chi connectivity index (χ1) is 8.22. The lowest BCUT2D eigenvalue weighted by atomic mass is 10.0. The summed E-state index contributed by atoms with van der Waals surface area (Å²) in [7, 11) is 0. The normalized spacial score (nSPS) is 12.6. The number of halogens is 2. The molecule has 90 valence electrons. The Morgan fingerprint density at radius 1 is 1.35 bits per heavy atom. The van der Waals surface area contributed by atoms with Crippen LogP contribution < -0.4 is 5.32 Å². The van der Waals surface area contributed by atoms with Crippen molar-refractivity contribution in [2.45, 2.75) is 13.0 Å². The molecular formula is C13H13ClINS. The van der Waals surface area contributed by atoms with E-state index < -0.39 is 0 Å². The Morgan fingerprint density at radius 2 is 2.18 bits per heavy atom. The van der Waals surface area contributed by atoms with Gasteiger partial charge in [0, 0.05) is 3.57 Å². The fraction of sp³-hybridized carbons (Fsp3) is 0.231. The molecule has 2 aromatic rings. The third-order valence-corrected chi connectivity index (χ3v) is 4.84. The summed E-state index contributed by atoms with van der Waals surface area (Å²) >= 11 is 10.2. The minimum Gasteiger partial charge on any atom is -0.307 e. The summed E-state index contributed by atoms with van der Waals surface area (Å²) in [6, 6.07) is 8.65. The minimum absolute atomic E-state index is 0.237. The van der Waals surface area contributed by atoms with E-state index in [2.05, 4.69) is 63.8 Å². The lowest BCUT2D eigenvalue weighted by Gasteiger charge is -2.18. The number of thiophene rings is 1. The molecule has 0 aliphatic carbocycles. The first-order valence-corrected chi connectivity index (χ1v) is 7.82. The van der Waals surface area contributed by atoms with E-state index in [4.69, 9.17) is 11.6 Å². The van der Waals surface area contributed by atoms with Crippen LogP contribution in [-0.4, -0.2) is 6.54 Å². The summed E-state index contributed by atoms with van der Waals surface area (Å²) in [5, 5.41) is 8.60. The van der Waals surface area contributed by atoms with E-state index in [1.165, 1.54) is 11.1 Å². The Kier molecular flexibility index (Phi) is 4.85. The standard InChI is InChI=1S/C13H13ClINS/c1-2-16-13(10-5-6-17-8-10)9-3-4-12(15)11(14)7-9/h3-8,13,16H,2H2,1H3. The lowest BCUT2D eigenvalue weighted by Crippen LogP contribution is -2.21. The van der Waals surface area contributed by atoms with E-state index in [0.717, 1.165) is 15.1 Å². The highest BCUT2D eigenvalue weighted by atomic mass is 127. The molecule has 1 N–H and O–H groups in total. The van der Waals surface area contributed by atoms with Gasteiger partial charge in [0.25, 0.3) is 0 Å². The molecule has 0 radical (unpaired) electrons. The van der Waals surface area contributed by atoms with Gasteiger partial charge >= 0.3 is 0 Å². The summed E-state index contributed by atoms with van der Waals surface area (Å²) < 4.78 is 1.09. The highest BCUT2D eigenvalue weighted by Gasteiger charge is 2.14. The van der Waals surface area contributed by atoms with Crippen LogP contribution in [0.1, 0.15) is 24.1 Å². The summed E-state index contributed by atoms with van der Waals surface area (Å²) in [5.74, 6) is 0. The smallest absolute Gasteiger partial charge is 0.0585 e. The Balaban J connectivity index is 2.35. The van der Waals surface area contributed by atoms with Crippen LogP contribution in [0.3, 0.4) is 0 Å². The van der Waals surface area contributed by atoms with Crippen molar-refractivity contribution in [2.24, 2.45) is 0 Å². The monoisotopic (exact) mass is 377 g/mol. The number of rotatable bonds is 4. The second-order valence-electron chi connectivity index (χ2n) is 3.72. The molecule has 0 amide bonds. The van der Waals surface area contributed by atoms with Crippen molar-refractivity contribution in [3.05, 3.63) is 54.7 Å². The second kappa shape index (κ2) is 6.18. The summed E-state index contributed by atoms with van der Waals surface area (Å²) in [4.78, 5) is 0. The van der Waals surface area contributed by atoms with Gasteiger partial charge in [-0.3, -0.25) is 0 Å². The minimum atomic E-state index is 0.237. The van der Waals surface area contributed by atoms with E-state index in [-0.39, 0.29) is 6.04 Å². The highest BCUT2D eigenvalue weighted by Crippen LogP contribution is 2.28. The van der Waals surface area contributed by atoms with E-state index in [1.807, 2.05) is 6.07 Å². The van der Waals surface area contributed by atoms with Crippen LogP contribution in [0.2, 0.25) is 5.02 Å². The molecule has 1 heterocycles. The molecule has 0 spiro atoms. The van der Waals surface area contributed by atoms with Crippen LogP contribution in [0.4, 0.5) is 0 Å². The zero-order valence-electron chi connectivity index (χ0n) is 9.41. The van der Waals surface area contributed by atoms with Crippen LogP contribution in [0.5, 0.6) is 0 Å². The highest BCUT2D eigenvalue weighted by molar-refractivity contribution is 14.1. The van der Waals surface area contributed by atoms with Gasteiger partial charge in [-0.15, -0.1) is 0 Å². The molecule has 0 bridgehead atoms. The van der Waals surface area contributed by atoms with Gasteiger partial charge in [0.2, 0.25) is 0 Å². The van der Waals surface area contributed by atoms with Crippen LogP contribution >= 0.6 is 45.5 Å². The molecule has 1 aromatic carbocycles. The zero-order chi connectivity index (χ0) is 12.3. The summed E-state index contributed by atoms with van der Waals surface area (Å²) in [5.41, 5.74) is 2.52. The molecule has 0 fully saturated rings. The number of benzene rings is 1. The van der Waals surface area contributed by atoms with Gasteiger partial charge in [-0.25, -0.2) is 0 Å². The van der Waals surface area contributed by atoms with Crippen LogP contribution in [0.25, 0.3) is 0 Å². The molecule has 2 rings (SSSR count). The van der Waals surface area contributed by atoms with E-state index in [0.29, 0.717) is 0 Å². The van der Waals surface area contributed by atoms with E-state index in [1.54, 1.807) is 11.3 Å². The molecule has 1 aromatic heterocycles. The number of nitrogens with one attached hydrogen (secondary N) is 1. The van der Waals surface area contributed by atoms with Gasteiger partial charge in [0.05, 0.1) is 11.1 Å². The van der Waals surface area contributed by atoms with Crippen molar-refractivity contribution in [2.75, 3.05) is 6.54 Å². The molecule has 4 heteroatoms. The molecule has 0 saturated heterocycles. The third-order valence-electron chi connectivity index (χ3n) is 2.56. The predicted molar refractivity (Wildman–Crippen MR) is 84.0 cm³/mol. The number of hydrogen-bond acceptors (Lipinski definition) is 2. The molecule has 1 unspecified atom stereocenters. The molecule has 1 atom stereocenters. The first kappa shape index (κ1) is 13.3. The number of hydrogen-bond donors (Lipinski definition) is 1. The fourth-order valence-electron chi connectivity index (χ4n) is 1.76. The second-order valence-corrected chi connectivity index (χ2v) is 6.07. The molecular weight excluding hydrogens is 365 g/mol. The SMILES string of the molecule is CCNC(c1ccsc1)c1ccc(I)c(Cl)c1. The predicted octanol–water partition coefficient (Wildman–Crippen LogP) is 4.71. The van der Waals surface area contributed by atoms with E-state index in [9.17, 15) is 0 Å². The van der Waals surface area contributed by atoms with Gasteiger partial charge in [-0.1, -0.05) is 24.6 Å². The molecule has 0 saturated carbocycles. The van der Waals surface area contributed by atoms with Crippen molar-refractivity contribution in [1.29, 1.82) is 0 Å². The van der Waals surface area contributed by atoms with Crippen molar-refractivity contribution >= 4 is 45.5 Å². The summed E-state index contributed by atoms with van der Waals surface area (Å²) in [6.07, 6.45) is 0. The average Bonchev–Trinajstić information content (AvgIpc) is 2.83. The van der Waals surface area contributed by atoms with Crippen LogP contribution in [-0.2, 0) is 0 Å². The first-order valence-electron chi connectivity index (χ1n) is 5.42. The van der Waals surface area contributed by atoms with Crippen molar-refractivity contribution in [3.63, 3.8) is 0 Å². The Labute approximate surface area is 124 Å². The topological polar surface area (TPSA) is 12.0 Å². The van der Waals surface area contributed by atoms with Gasteiger partial charge < -0.3 is 5.32 Å². The Hall–Kier alpha value is -0.100. The molecule has 1 nitrogen and oxygen atoms in total.